The molecule has 3 nitrogen and oxygen atoms in total. The molecule has 0 radical (unpaired) electrons. The number of hydrogen-bond acceptors (Lipinski definition) is 2. The van der Waals surface area contributed by atoms with E-state index in [-0.39, 0.29) is 11.8 Å². The lowest BCUT2D eigenvalue weighted by Gasteiger charge is -2.14. The average Bonchev–Trinajstić information content (AvgIpc) is 2.40. The van der Waals surface area contributed by atoms with Crippen molar-refractivity contribution in [2.24, 2.45) is 0 Å². The van der Waals surface area contributed by atoms with E-state index in [4.69, 9.17) is 5.73 Å². The highest BCUT2D eigenvalue weighted by atomic mass is 127. The molecular weight excluding hydrogens is 351 g/mol. The summed E-state index contributed by atoms with van der Waals surface area (Å²) in [7, 11) is 0. The zero-order chi connectivity index (χ0) is 13.8. The second-order valence-corrected chi connectivity index (χ2v) is 5.52. The molecule has 1 unspecified atom stereocenters. The van der Waals surface area contributed by atoms with E-state index in [1.807, 2.05) is 55.5 Å². The Hall–Kier alpha value is -1.56. The first kappa shape index (κ1) is 13.9. The Bertz CT molecular complexity index is 598. The van der Waals surface area contributed by atoms with Crippen LogP contribution in [0.15, 0.2) is 48.5 Å². The normalized spacial score (nSPS) is 11.9. The SMILES string of the molecule is CC(C(=O)Nc1ccccc1I)c1cccc(N)c1. The third-order valence-electron chi connectivity index (χ3n) is 2.94. The number of anilines is 2. The number of amides is 1. The zero-order valence-electron chi connectivity index (χ0n) is 10.6. The Balaban J connectivity index is 2.14. The Morgan fingerprint density at radius 2 is 1.95 bits per heavy atom. The van der Waals surface area contributed by atoms with Crippen LogP contribution in [-0.2, 0) is 4.79 Å². The number of para-hydroxylation sites is 1. The highest BCUT2D eigenvalue weighted by molar-refractivity contribution is 14.1. The molecule has 0 saturated carbocycles. The molecule has 0 saturated heterocycles. The molecule has 3 N–H and O–H groups in total. The van der Waals surface area contributed by atoms with Crippen LogP contribution < -0.4 is 11.1 Å². The first-order valence-corrected chi connectivity index (χ1v) is 7.06. The predicted molar refractivity (Wildman–Crippen MR) is 87.1 cm³/mol. The van der Waals surface area contributed by atoms with Gasteiger partial charge in [0, 0.05) is 9.26 Å². The molecule has 0 fully saturated rings. The third-order valence-corrected chi connectivity index (χ3v) is 3.88. The Morgan fingerprint density at radius 1 is 1.21 bits per heavy atom. The molecular formula is C15H15IN2O. The summed E-state index contributed by atoms with van der Waals surface area (Å²) in [6.45, 7) is 1.87. The van der Waals surface area contributed by atoms with Crippen LogP contribution in [0.1, 0.15) is 18.4 Å². The molecule has 2 rings (SSSR count). The van der Waals surface area contributed by atoms with E-state index in [1.165, 1.54) is 0 Å². The number of carbonyl (C=O) groups is 1. The van der Waals surface area contributed by atoms with Crippen LogP contribution in [0.5, 0.6) is 0 Å². The van der Waals surface area contributed by atoms with Gasteiger partial charge in [0.2, 0.25) is 5.91 Å². The van der Waals surface area contributed by atoms with E-state index in [0.29, 0.717) is 5.69 Å². The van der Waals surface area contributed by atoms with Gasteiger partial charge < -0.3 is 11.1 Å². The van der Waals surface area contributed by atoms with Crippen LogP contribution >= 0.6 is 22.6 Å². The fourth-order valence-corrected chi connectivity index (χ4v) is 2.31. The van der Waals surface area contributed by atoms with Gasteiger partial charge in [-0.25, -0.2) is 0 Å². The molecule has 1 amide bonds. The molecule has 0 heterocycles. The van der Waals surface area contributed by atoms with Gasteiger partial charge in [-0.15, -0.1) is 0 Å². The maximum atomic E-state index is 12.2. The van der Waals surface area contributed by atoms with Crippen molar-refractivity contribution in [2.75, 3.05) is 11.1 Å². The monoisotopic (exact) mass is 366 g/mol. The molecule has 4 heteroatoms. The minimum absolute atomic E-state index is 0.0327. The summed E-state index contributed by atoms with van der Waals surface area (Å²) in [5, 5.41) is 2.94. The van der Waals surface area contributed by atoms with Crippen molar-refractivity contribution in [3.05, 3.63) is 57.7 Å². The van der Waals surface area contributed by atoms with Gasteiger partial charge in [0.25, 0.3) is 0 Å². The van der Waals surface area contributed by atoms with Crippen LogP contribution in [0.2, 0.25) is 0 Å². The molecule has 0 aliphatic rings. The highest BCUT2D eigenvalue weighted by Crippen LogP contribution is 2.22. The second-order valence-electron chi connectivity index (χ2n) is 4.36. The summed E-state index contributed by atoms with van der Waals surface area (Å²) in [5.74, 6) is -0.269. The summed E-state index contributed by atoms with van der Waals surface area (Å²) in [5.41, 5.74) is 8.17. The number of halogens is 1. The van der Waals surface area contributed by atoms with E-state index < -0.39 is 0 Å². The van der Waals surface area contributed by atoms with Crippen LogP contribution in [0.3, 0.4) is 0 Å². The second kappa shape index (κ2) is 6.06. The van der Waals surface area contributed by atoms with Crippen LogP contribution in [0, 0.1) is 3.57 Å². The molecule has 2 aromatic carbocycles. The van der Waals surface area contributed by atoms with Crippen molar-refractivity contribution in [1.82, 2.24) is 0 Å². The number of nitrogen functional groups attached to an aromatic ring is 1. The predicted octanol–water partition coefficient (Wildman–Crippen LogP) is 3.62. The minimum atomic E-state index is -0.237. The van der Waals surface area contributed by atoms with Crippen molar-refractivity contribution >= 4 is 39.9 Å². The summed E-state index contributed by atoms with van der Waals surface area (Å²) < 4.78 is 1.02. The Morgan fingerprint density at radius 3 is 2.63 bits per heavy atom. The van der Waals surface area contributed by atoms with Gasteiger partial charge in [-0.1, -0.05) is 24.3 Å². The number of carbonyl (C=O) groups excluding carboxylic acids is 1. The van der Waals surface area contributed by atoms with E-state index in [1.54, 1.807) is 0 Å². The highest BCUT2D eigenvalue weighted by Gasteiger charge is 2.16. The van der Waals surface area contributed by atoms with Crippen molar-refractivity contribution in [1.29, 1.82) is 0 Å². The van der Waals surface area contributed by atoms with Crippen molar-refractivity contribution in [2.45, 2.75) is 12.8 Å². The van der Waals surface area contributed by atoms with Crippen LogP contribution in [0.25, 0.3) is 0 Å². The lowest BCUT2D eigenvalue weighted by Crippen LogP contribution is -2.19. The molecule has 19 heavy (non-hydrogen) atoms. The molecule has 0 aliphatic heterocycles. The number of nitrogens with two attached hydrogens (primary N) is 1. The molecule has 98 valence electrons. The van der Waals surface area contributed by atoms with Crippen LogP contribution in [0.4, 0.5) is 11.4 Å². The number of rotatable bonds is 3. The molecule has 0 aliphatic carbocycles. The lowest BCUT2D eigenvalue weighted by atomic mass is 10.00. The minimum Gasteiger partial charge on any atom is -0.399 e. The fourth-order valence-electron chi connectivity index (χ4n) is 1.78. The summed E-state index contributed by atoms with van der Waals surface area (Å²) in [4.78, 5) is 12.2. The van der Waals surface area contributed by atoms with E-state index >= 15 is 0 Å². The van der Waals surface area contributed by atoms with E-state index in [9.17, 15) is 4.79 Å². The summed E-state index contributed by atoms with van der Waals surface area (Å²) in [6, 6.07) is 15.1. The Kier molecular flexibility index (Phi) is 4.42. The van der Waals surface area contributed by atoms with Gasteiger partial charge in [0.15, 0.2) is 0 Å². The maximum absolute atomic E-state index is 12.2. The van der Waals surface area contributed by atoms with E-state index in [2.05, 4.69) is 27.9 Å². The largest absolute Gasteiger partial charge is 0.399 e. The standard InChI is InChI=1S/C15H15IN2O/c1-10(11-5-4-6-12(17)9-11)15(19)18-14-8-3-2-7-13(14)16/h2-10H,17H2,1H3,(H,18,19). The van der Waals surface area contributed by atoms with E-state index in [0.717, 1.165) is 14.8 Å². The molecule has 0 spiro atoms. The molecule has 1 atom stereocenters. The quantitative estimate of drug-likeness (QED) is 0.644. The third kappa shape index (κ3) is 3.47. The topological polar surface area (TPSA) is 55.1 Å². The maximum Gasteiger partial charge on any atom is 0.231 e. The first-order chi connectivity index (χ1) is 9.08. The van der Waals surface area contributed by atoms with Crippen molar-refractivity contribution in [3.8, 4) is 0 Å². The summed E-state index contributed by atoms with van der Waals surface area (Å²) >= 11 is 2.20. The number of hydrogen-bond donors (Lipinski definition) is 2. The fraction of sp³-hybridized carbons (Fsp3) is 0.133. The average molecular weight is 366 g/mol. The van der Waals surface area contributed by atoms with Gasteiger partial charge in [-0.2, -0.15) is 0 Å². The van der Waals surface area contributed by atoms with Gasteiger partial charge >= 0.3 is 0 Å². The van der Waals surface area contributed by atoms with Crippen LogP contribution in [-0.4, -0.2) is 5.91 Å². The molecule has 0 aromatic heterocycles. The zero-order valence-corrected chi connectivity index (χ0v) is 12.7. The lowest BCUT2D eigenvalue weighted by molar-refractivity contribution is -0.117. The first-order valence-electron chi connectivity index (χ1n) is 5.99. The molecule has 0 bridgehead atoms. The van der Waals surface area contributed by atoms with Gasteiger partial charge in [-0.05, 0) is 59.3 Å². The van der Waals surface area contributed by atoms with Crippen molar-refractivity contribution < 1.29 is 4.79 Å². The number of nitrogens with one attached hydrogen (secondary N) is 1. The van der Waals surface area contributed by atoms with Crippen molar-refractivity contribution in [3.63, 3.8) is 0 Å². The van der Waals surface area contributed by atoms with Gasteiger partial charge in [0.05, 0.1) is 11.6 Å². The molecule has 2 aromatic rings. The van der Waals surface area contributed by atoms with Gasteiger partial charge in [-0.3, -0.25) is 4.79 Å². The van der Waals surface area contributed by atoms with Gasteiger partial charge in [0.1, 0.15) is 0 Å². The number of benzene rings is 2. The summed E-state index contributed by atoms with van der Waals surface area (Å²) in [6.07, 6.45) is 0. The Labute approximate surface area is 126 Å². The smallest absolute Gasteiger partial charge is 0.231 e.